The molecule has 4 aromatic rings. The summed E-state index contributed by atoms with van der Waals surface area (Å²) in [4.78, 5) is 20.6. The smallest absolute Gasteiger partial charge is 0.231 e. The predicted molar refractivity (Wildman–Crippen MR) is 114 cm³/mol. The molecule has 3 aromatic heterocycles. The number of amides is 1. The Balaban J connectivity index is 1.59. The molecule has 2 N–H and O–H groups in total. The maximum Gasteiger partial charge on any atom is 0.231 e. The fourth-order valence-corrected chi connectivity index (χ4v) is 3.85. The number of rotatable bonds is 4. The van der Waals surface area contributed by atoms with Crippen molar-refractivity contribution in [2.45, 2.75) is 26.4 Å². The highest BCUT2D eigenvalue weighted by Crippen LogP contribution is 2.39. The van der Waals surface area contributed by atoms with E-state index in [4.69, 9.17) is 11.6 Å². The van der Waals surface area contributed by atoms with Gasteiger partial charge in [-0.2, -0.15) is 5.10 Å². The fraction of sp³-hybridized carbons (Fsp3) is 0.238. The average Bonchev–Trinajstić information content (AvgIpc) is 3.11. The molecule has 0 saturated heterocycles. The highest BCUT2D eigenvalue weighted by Gasteiger charge is 2.43. The largest absolute Gasteiger partial charge is 0.309 e. The topological polar surface area (TPSA) is 88.0 Å². The first-order chi connectivity index (χ1) is 14.8. The number of aromatic nitrogens is 5. The van der Waals surface area contributed by atoms with E-state index in [-0.39, 0.29) is 17.3 Å². The van der Waals surface area contributed by atoms with Crippen LogP contribution in [0.25, 0.3) is 33.9 Å². The zero-order valence-corrected chi connectivity index (χ0v) is 17.3. The number of nitrogens with one attached hydrogen (secondary N) is 2. The molecule has 0 aliphatic heterocycles. The number of carbonyl (C=O) groups excluding carboxylic acids is 1. The number of fused-ring (bicyclic) bond motifs is 2. The van der Waals surface area contributed by atoms with Gasteiger partial charge in [-0.25, -0.2) is 13.8 Å². The minimum Gasteiger partial charge on any atom is -0.309 e. The molecule has 0 spiro atoms. The van der Waals surface area contributed by atoms with Crippen molar-refractivity contribution in [2.24, 2.45) is 5.92 Å². The molecule has 31 heavy (non-hydrogen) atoms. The summed E-state index contributed by atoms with van der Waals surface area (Å²) in [6.45, 7) is 3.73. The molecule has 3 heterocycles. The van der Waals surface area contributed by atoms with Crippen molar-refractivity contribution in [2.75, 3.05) is 5.32 Å². The molecule has 158 valence electrons. The van der Waals surface area contributed by atoms with E-state index >= 15 is 4.39 Å². The Morgan fingerprint density at radius 3 is 2.84 bits per heavy atom. The highest BCUT2D eigenvalue weighted by atomic mass is 35.5. The number of hydrogen-bond acceptors (Lipinski definition) is 4. The Bertz CT molecular complexity index is 1390. The molecule has 2 atom stereocenters. The Hall–Kier alpha value is -3.33. The third kappa shape index (κ3) is 3.34. The van der Waals surface area contributed by atoms with Gasteiger partial charge in [0.15, 0.2) is 17.3 Å². The number of H-pyrrole nitrogens is 1. The van der Waals surface area contributed by atoms with Crippen LogP contribution in [0.3, 0.4) is 0 Å². The van der Waals surface area contributed by atoms with Gasteiger partial charge in [-0.05, 0) is 20.3 Å². The summed E-state index contributed by atoms with van der Waals surface area (Å²) in [6.07, 6.45) is 7.14. The van der Waals surface area contributed by atoms with E-state index in [1.165, 1.54) is 6.20 Å². The molecule has 1 amide bonds. The van der Waals surface area contributed by atoms with Gasteiger partial charge in [0, 0.05) is 22.7 Å². The van der Waals surface area contributed by atoms with E-state index in [9.17, 15) is 9.18 Å². The minimum absolute atomic E-state index is 0.0652. The lowest BCUT2D eigenvalue weighted by Gasteiger charge is -2.10. The third-order valence-corrected chi connectivity index (χ3v) is 5.51. The van der Waals surface area contributed by atoms with Crippen LogP contribution in [0.15, 0.2) is 30.4 Å². The standard InChI is InChI=1S/C21H17ClF2N6O/c1-9(2)3-11-19(24)18(22)17(12-5-26-29-20(11)12)14-7-30-8-15(27-16(30)6-25-14)28-21(31)10-4-13(10)23/h3,5-8,10,13H,4H2,1-2H3,(H,26,29)(H,28,31)/t10-,13+/m1/s1. The van der Waals surface area contributed by atoms with Gasteiger partial charge < -0.3 is 9.72 Å². The second-order valence-corrected chi connectivity index (χ2v) is 8.19. The van der Waals surface area contributed by atoms with Crippen molar-refractivity contribution in [3.05, 3.63) is 46.8 Å². The molecule has 0 radical (unpaired) electrons. The summed E-state index contributed by atoms with van der Waals surface area (Å²) in [7, 11) is 0. The van der Waals surface area contributed by atoms with E-state index in [0.717, 1.165) is 5.57 Å². The van der Waals surface area contributed by atoms with Gasteiger partial charge in [-0.15, -0.1) is 0 Å². The molecule has 1 aliphatic rings. The quantitative estimate of drug-likeness (QED) is 0.476. The molecule has 1 aromatic carbocycles. The maximum absolute atomic E-state index is 15.1. The van der Waals surface area contributed by atoms with Gasteiger partial charge in [-0.3, -0.25) is 14.9 Å². The molecule has 1 fully saturated rings. The second-order valence-electron chi connectivity index (χ2n) is 7.81. The van der Waals surface area contributed by atoms with Crippen LogP contribution in [0.2, 0.25) is 5.02 Å². The predicted octanol–water partition coefficient (Wildman–Crippen LogP) is 4.78. The first kappa shape index (κ1) is 19.6. The SMILES string of the molecule is CC(C)=Cc1c(F)c(Cl)c(-c2cn3cc(NC(=O)[C@@H]4C[C@@H]4F)nc3cn2)c2cn[nH]c12. The number of alkyl halides is 1. The van der Waals surface area contributed by atoms with Crippen LogP contribution >= 0.6 is 11.6 Å². The van der Waals surface area contributed by atoms with Crippen LogP contribution in [-0.4, -0.2) is 36.6 Å². The van der Waals surface area contributed by atoms with Crippen LogP contribution in [0, 0.1) is 11.7 Å². The van der Waals surface area contributed by atoms with Crippen LogP contribution in [-0.2, 0) is 4.79 Å². The number of anilines is 1. The molecule has 1 saturated carbocycles. The first-order valence-electron chi connectivity index (χ1n) is 9.62. The maximum atomic E-state index is 15.1. The third-order valence-electron chi connectivity index (χ3n) is 5.16. The van der Waals surface area contributed by atoms with Crippen LogP contribution in [0.4, 0.5) is 14.6 Å². The fourth-order valence-electron chi connectivity index (χ4n) is 3.55. The Morgan fingerprint density at radius 2 is 2.13 bits per heavy atom. The number of imidazole rings is 1. The van der Waals surface area contributed by atoms with E-state index in [2.05, 4.69) is 25.5 Å². The lowest BCUT2D eigenvalue weighted by Crippen LogP contribution is -2.15. The number of halogens is 3. The van der Waals surface area contributed by atoms with Gasteiger partial charge in [0.2, 0.25) is 5.91 Å². The molecule has 10 heteroatoms. The molecular weight excluding hydrogens is 426 g/mol. The van der Waals surface area contributed by atoms with Gasteiger partial charge in [-0.1, -0.05) is 23.3 Å². The van der Waals surface area contributed by atoms with Crippen molar-refractivity contribution in [3.8, 4) is 11.3 Å². The summed E-state index contributed by atoms with van der Waals surface area (Å²) in [5, 5.41) is 10.1. The van der Waals surface area contributed by atoms with E-state index in [1.54, 1.807) is 29.1 Å². The number of allylic oxidation sites excluding steroid dienone is 1. The van der Waals surface area contributed by atoms with Gasteiger partial charge in [0.05, 0.1) is 40.7 Å². The molecule has 0 unspecified atom stereocenters. The normalized spacial score (nSPS) is 17.8. The number of aromatic amines is 1. The van der Waals surface area contributed by atoms with Crippen molar-refractivity contribution < 1.29 is 13.6 Å². The molecule has 7 nitrogen and oxygen atoms in total. The number of carbonyl (C=O) groups is 1. The van der Waals surface area contributed by atoms with Crippen LogP contribution in [0.1, 0.15) is 25.8 Å². The Kier molecular flexibility index (Phi) is 4.51. The second kappa shape index (κ2) is 7.12. The summed E-state index contributed by atoms with van der Waals surface area (Å²) in [5.41, 5.74) is 3.04. The first-order valence-corrected chi connectivity index (χ1v) is 10.00. The monoisotopic (exact) mass is 442 g/mol. The lowest BCUT2D eigenvalue weighted by molar-refractivity contribution is -0.117. The zero-order chi connectivity index (χ0) is 21.9. The summed E-state index contributed by atoms with van der Waals surface area (Å²) in [6, 6.07) is 0. The number of hydrogen-bond donors (Lipinski definition) is 2. The lowest BCUT2D eigenvalue weighted by atomic mass is 10.0. The van der Waals surface area contributed by atoms with E-state index in [1.807, 2.05) is 13.8 Å². The van der Waals surface area contributed by atoms with Crippen LogP contribution in [0.5, 0.6) is 0 Å². The van der Waals surface area contributed by atoms with Crippen molar-refractivity contribution >= 4 is 46.0 Å². The molecular formula is C21H17ClF2N6O. The summed E-state index contributed by atoms with van der Waals surface area (Å²) < 4.78 is 29.9. The summed E-state index contributed by atoms with van der Waals surface area (Å²) >= 11 is 6.43. The van der Waals surface area contributed by atoms with Gasteiger partial charge in [0.25, 0.3) is 0 Å². The Labute approximate surface area is 180 Å². The van der Waals surface area contributed by atoms with E-state index < -0.39 is 23.8 Å². The van der Waals surface area contributed by atoms with Gasteiger partial charge in [0.1, 0.15) is 6.17 Å². The van der Waals surface area contributed by atoms with Crippen molar-refractivity contribution in [3.63, 3.8) is 0 Å². The van der Waals surface area contributed by atoms with E-state index in [0.29, 0.717) is 33.4 Å². The number of benzene rings is 1. The van der Waals surface area contributed by atoms with Gasteiger partial charge >= 0.3 is 0 Å². The zero-order valence-electron chi connectivity index (χ0n) is 16.6. The number of nitrogens with zero attached hydrogens (tertiary/aromatic N) is 4. The molecule has 5 rings (SSSR count). The molecule has 1 aliphatic carbocycles. The summed E-state index contributed by atoms with van der Waals surface area (Å²) in [5.74, 6) is -1.30. The Morgan fingerprint density at radius 1 is 1.35 bits per heavy atom. The van der Waals surface area contributed by atoms with Crippen molar-refractivity contribution in [1.29, 1.82) is 0 Å². The molecule has 0 bridgehead atoms. The van der Waals surface area contributed by atoms with Crippen LogP contribution < -0.4 is 5.32 Å². The van der Waals surface area contributed by atoms with Crippen molar-refractivity contribution in [1.82, 2.24) is 24.6 Å². The minimum atomic E-state index is -1.09. The highest BCUT2D eigenvalue weighted by molar-refractivity contribution is 6.35. The average molecular weight is 443 g/mol.